The predicted molar refractivity (Wildman–Crippen MR) is 69.3 cm³/mol. The van der Waals surface area contributed by atoms with Crippen LogP contribution >= 0.6 is 0 Å². The van der Waals surface area contributed by atoms with Crippen molar-refractivity contribution in [2.45, 2.75) is 6.42 Å². The zero-order valence-corrected chi connectivity index (χ0v) is 10.0. The molecule has 4 heteroatoms. The molecular weight excluding hydrogens is 244 g/mol. The Labute approximate surface area is 109 Å². The fourth-order valence-corrected chi connectivity index (χ4v) is 1.80. The second-order valence-corrected chi connectivity index (χ2v) is 4.12. The van der Waals surface area contributed by atoms with E-state index in [1.807, 2.05) is 0 Å². The predicted octanol–water partition coefficient (Wildman–Crippen LogP) is 2.25. The Morgan fingerprint density at radius 1 is 1.00 bits per heavy atom. The number of hydrogen-bond donors (Lipinski definition) is 2. The molecule has 0 aromatic heterocycles. The van der Waals surface area contributed by atoms with Crippen LogP contribution in [-0.2, 0) is 11.2 Å². The molecule has 0 saturated carbocycles. The van der Waals surface area contributed by atoms with Gasteiger partial charge in [0.25, 0.3) is 0 Å². The summed E-state index contributed by atoms with van der Waals surface area (Å²) in [7, 11) is 0. The van der Waals surface area contributed by atoms with Crippen LogP contribution in [-0.4, -0.2) is 22.0 Å². The molecule has 0 heterocycles. The van der Waals surface area contributed by atoms with Crippen molar-refractivity contribution >= 4 is 11.8 Å². The molecule has 4 nitrogen and oxygen atoms in total. The molecule has 0 aliphatic carbocycles. The molecule has 0 bridgehead atoms. The normalized spacial score (nSPS) is 10.1. The summed E-state index contributed by atoms with van der Waals surface area (Å²) in [6.45, 7) is 0. The Morgan fingerprint density at radius 3 is 2.26 bits per heavy atom. The van der Waals surface area contributed by atoms with Crippen molar-refractivity contribution in [2.24, 2.45) is 0 Å². The van der Waals surface area contributed by atoms with Gasteiger partial charge in [-0.05, 0) is 17.7 Å². The van der Waals surface area contributed by atoms with Crippen molar-refractivity contribution in [3.8, 4) is 5.75 Å². The largest absolute Gasteiger partial charge is 0.507 e. The van der Waals surface area contributed by atoms with E-state index in [9.17, 15) is 14.7 Å². The number of benzene rings is 2. The van der Waals surface area contributed by atoms with Gasteiger partial charge in [0.15, 0.2) is 5.78 Å². The highest BCUT2D eigenvalue weighted by molar-refractivity contribution is 6.10. The number of aromatic hydroxyl groups is 1. The van der Waals surface area contributed by atoms with E-state index in [0.717, 1.165) is 0 Å². The lowest BCUT2D eigenvalue weighted by Crippen LogP contribution is -2.04. The van der Waals surface area contributed by atoms with Gasteiger partial charge in [-0.1, -0.05) is 36.4 Å². The summed E-state index contributed by atoms with van der Waals surface area (Å²) in [5.41, 5.74) is 1.10. The summed E-state index contributed by atoms with van der Waals surface area (Å²) in [4.78, 5) is 22.7. The van der Waals surface area contributed by atoms with Gasteiger partial charge in [0.1, 0.15) is 5.75 Å². The van der Waals surface area contributed by atoms with E-state index in [-0.39, 0.29) is 23.5 Å². The van der Waals surface area contributed by atoms with Crippen LogP contribution < -0.4 is 0 Å². The molecule has 0 aliphatic heterocycles. The topological polar surface area (TPSA) is 74.6 Å². The van der Waals surface area contributed by atoms with Crippen molar-refractivity contribution in [2.75, 3.05) is 0 Å². The number of carboxylic acids is 1. The Morgan fingerprint density at radius 2 is 1.68 bits per heavy atom. The van der Waals surface area contributed by atoms with E-state index in [2.05, 4.69) is 0 Å². The maximum Gasteiger partial charge on any atom is 0.307 e. The number of phenols is 1. The minimum Gasteiger partial charge on any atom is -0.507 e. The summed E-state index contributed by atoms with van der Waals surface area (Å²) < 4.78 is 0. The molecule has 0 atom stereocenters. The molecule has 0 unspecified atom stereocenters. The fourth-order valence-electron chi connectivity index (χ4n) is 1.80. The van der Waals surface area contributed by atoms with Gasteiger partial charge in [0, 0.05) is 5.56 Å². The van der Waals surface area contributed by atoms with Crippen LogP contribution in [0, 0.1) is 0 Å². The Kier molecular flexibility index (Phi) is 3.61. The average Bonchev–Trinajstić information content (AvgIpc) is 2.38. The molecular formula is C15H12O4. The summed E-state index contributed by atoms with van der Waals surface area (Å²) in [5.74, 6) is -1.48. The van der Waals surface area contributed by atoms with Crippen molar-refractivity contribution < 1.29 is 19.8 Å². The van der Waals surface area contributed by atoms with Gasteiger partial charge in [0.05, 0.1) is 12.0 Å². The number of hydrogen-bond acceptors (Lipinski definition) is 3. The second-order valence-electron chi connectivity index (χ2n) is 4.12. The van der Waals surface area contributed by atoms with Crippen LogP contribution in [0.25, 0.3) is 0 Å². The number of ketones is 1. The minimum absolute atomic E-state index is 0.167. The highest BCUT2D eigenvalue weighted by Gasteiger charge is 2.14. The van der Waals surface area contributed by atoms with E-state index in [1.165, 1.54) is 18.2 Å². The van der Waals surface area contributed by atoms with Crippen LogP contribution in [0.2, 0.25) is 0 Å². The molecule has 2 N–H and O–H groups in total. The fraction of sp³-hybridized carbons (Fsp3) is 0.0667. The maximum absolute atomic E-state index is 12.1. The monoisotopic (exact) mass is 256 g/mol. The quantitative estimate of drug-likeness (QED) is 0.823. The molecule has 0 radical (unpaired) electrons. The Balaban J connectivity index is 2.31. The first-order valence-electron chi connectivity index (χ1n) is 5.71. The molecule has 0 fully saturated rings. The third kappa shape index (κ3) is 2.98. The smallest absolute Gasteiger partial charge is 0.307 e. The standard InChI is InChI=1S/C15H12O4/c16-13-8-10(9-14(17)18)6-7-12(13)15(19)11-4-2-1-3-5-11/h1-8,16H,9H2,(H,17,18). The second kappa shape index (κ2) is 5.35. The maximum atomic E-state index is 12.1. The number of aliphatic carboxylic acids is 1. The van der Waals surface area contributed by atoms with Crippen molar-refractivity contribution in [3.05, 3.63) is 65.2 Å². The number of rotatable bonds is 4. The van der Waals surface area contributed by atoms with Crippen LogP contribution in [0.3, 0.4) is 0 Å². The van der Waals surface area contributed by atoms with Crippen LogP contribution in [0.1, 0.15) is 21.5 Å². The van der Waals surface area contributed by atoms with Crippen LogP contribution in [0.4, 0.5) is 0 Å². The summed E-state index contributed by atoms with van der Waals surface area (Å²) >= 11 is 0. The third-order valence-electron chi connectivity index (χ3n) is 2.70. The molecule has 19 heavy (non-hydrogen) atoms. The highest BCUT2D eigenvalue weighted by atomic mass is 16.4. The van der Waals surface area contributed by atoms with Gasteiger partial charge in [-0.3, -0.25) is 9.59 Å². The lowest BCUT2D eigenvalue weighted by molar-refractivity contribution is -0.136. The van der Waals surface area contributed by atoms with Crippen molar-refractivity contribution in [3.63, 3.8) is 0 Å². The average molecular weight is 256 g/mol. The summed E-state index contributed by atoms with van der Waals surface area (Å²) in [5, 5.41) is 18.5. The molecule has 0 spiro atoms. The van der Waals surface area contributed by atoms with Gasteiger partial charge in [-0.2, -0.15) is 0 Å². The van der Waals surface area contributed by atoms with Gasteiger partial charge < -0.3 is 10.2 Å². The molecule has 2 aromatic carbocycles. The first-order valence-corrected chi connectivity index (χ1v) is 5.71. The van der Waals surface area contributed by atoms with Crippen molar-refractivity contribution in [1.29, 1.82) is 0 Å². The van der Waals surface area contributed by atoms with Crippen molar-refractivity contribution in [1.82, 2.24) is 0 Å². The highest BCUT2D eigenvalue weighted by Crippen LogP contribution is 2.22. The minimum atomic E-state index is -0.985. The van der Waals surface area contributed by atoms with E-state index in [4.69, 9.17) is 5.11 Å². The Hall–Kier alpha value is -2.62. The van der Waals surface area contributed by atoms with Crippen LogP contribution in [0.5, 0.6) is 5.75 Å². The molecule has 2 aromatic rings. The molecule has 0 saturated heterocycles. The lowest BCUT2D eigenvalue weighted by atomic mass is 10.00. The van der Waals surface area contributed by atoms with E-state index >= 15 is 0 Å². The molecule has 0 amide bonds. The third-order valence-corrected chi connectivity index (χ3v) is 2.70. The number of carbonyl (C=O) groups is 2. The van der Waals surface area contributed by atoms with E-state index < -0.39 is 5.97 Å². The number of carboxylic acid groups (broad SMARTS) is 1. The summed E-state index contributed by atoms with van der Waals surface area (Å²) in [6.07, 6.45) is -0.187. The molecule has 2 rings (SSSR count). The van der Waals surface area contributed by atoms with E-state index in [1.54, 1.807) is 30.3 Å². The first kappa shape index (κ1) is 12.8. The summed E-state index contributed by atoms with van der Waals surface area (Å²) in [6, 6.07) is 12.9. The SMILES string of the molecule is O=C(O)Cc1ccc(C(=O)c2ccccc2)c(O)c1. The van der Waals surface area contributed by atoms with Gasteiger partial charge in [-0.25, -0.2) is 0 Å². The van der Waals surface area contributed by atoms with Gasteiger partial charge in [-0.15, -0.1) is 0 Å². The van der Waals surface area contributed by atoms with Gasteiger partial charge >= 0.3 is 5.97 Å². The zero-order chi connectivity index (χ0) is 13.8. The first-order chi connectivity index (χ1) is 9.08. The number of phenolic OH excluding ortho intramolecular Hbond substituents is 1. The van der Waals surface area contributed by atoms with Gasteiger partial charge in [0.2, 0.25) is 0 Å². The Bertz CT molecular complexity index is 617. The molecule has 0 aliphatic rings. The zero-order valence-electron chi connectivity index (χ0n) is 10.0. The lowest BCUT2D eigenvalue weighted by Gasteiger charge is -2.05. The van der Waals surface area contributed by atoms with Crippen LogP contribution in [0.15, 0.2) is 48.5 Å². The van der Waals surface area contributed by atoms with E-state index in [0.29, 0.717) is 11.1 Å². The molecule has 96 valence electrons. The number of carbonyl (C=O) groups excluding carboxylic acids is 1.